The quantitative estimate of drug-likeness (QED) is 0.380. The molecule has 0 unspecified atom stereocenters. The molecule has 0 radical (unpaired) electrons. The van der Waals surface area contributed by atoms with Gasteiger partial charge in [-0.1, -0.05) is 103 Å². The van der Waals surface area contributed by atoms with E-state index >= 15 is 0 Å². The van der Waals surface area contributed by atoms with Crippen LogP contribution in [0.2, 0.25) is 0 Å². The lowest BCUT2D eigenvalue weighted by molar-refractivity contribution is 1.17. The molecule has 2 nitrogen and oxygen atoms in total. The largest absolute Gasteiger partial charge is 0.237 e. The van der Waals surface area contributed by atoms with E-state index in [1.165, 1.54) is 0 Å². The van der Waals surface area contributed by atoms with Crippen LogP contribution in [0, 0.1) is 0 Å². The SMILES string of the molecule is C(=Cc1cccc(C=Cc2ccccc2)c1-c1ncccn1)c1ccccc1. The van der Waals surface area contributed by atoms with Crippen LogP contribution >= 0.6 is 0 Å². The van der Waals surface area contributed by atoms with Gasteiger partial charge in [0.1, 0.15) is 0 Å². The molecule has 0 N–H and O–H groups in total. The summed E-state index contributed by atoms with van der Waals surface area (Å²) in [6, 6.07) is 28.7. The fourth-order valence-corrected chi connectivity index (χ4v) is 3.05. The molecule has 3 aromatic carbocycles. The van der Waals surface area contributed by atoms with Gasteiger partial charge < -0.3 is 0 Å². The average molecular weight is 360 g/mol. The van der Waals surface area contributed by atoms with E-state index in [4.69, 9.17) is 0 Å². The second-order valence-corrected chi connectivity index (χ2v) is 6.37. The van der Waals surface area contributed by atoms with Crippen LogP contribution in [0.5, 0.6) is 0 Å². The third kappa shape index (κ3) is 4.30. The lowest BCUT2D eigenvalue weighted by Crippen LogP contribution is -1.93. The number of hydrogen-bond acceptors (Lipinski definition) is 2. The first-order valence-corrected chi connectivity index (χ1v) is 9.27. The summed E-state index contributed by atoms with van der Waals surface area (Å²) in [5.41, 5.74) is 5.53. The number of aromatic nitrogens is 2. The maximum absolute atomic E-state index is 4.50. The van der Waals surface area contributed by atoms with Crippen molar-refractivity contribution in [1.82, 2.24) is 9.97 Å². The molecule has 0 fully saturated rings. The molecule has 0 aliphatic heterocycles. The van der Waals surface area contributed by atoms with Crippen molar-refractivity contribution in [1.29, 1.82) is 0 Å². The summed E-state index contributed by atoms with van der Waals surface area (Å²) in [5, 5.41) is 0. The van der Waals surface area contributed by atoms with Crippen molar-refractivity contribution in [3.8, 4) is 11.4 Å². The third-order valence-electron chi connectivity index (χ3n) is 4.43. The van der Waals surface area contributed by atoms with E-state index in [1.807, 2.05) is 42.5 Å². The van der Waals surface area contributed by atoms with Crippen LogP contribution in [0.25, 0.3) is 35.7 Å². The molecule has 0 spiro atoms. The predicted octanol–water partition coefficient (Wildman–Crippen LogP) is 6.48. The van der Waals surface area contributed by atoms with E-state index in [1.54, 1.807) is 12.4 Å². The van der Waals surface area contributed by atoms with Gasteiger partial charge in [-0.05, 0) is 28.3 Å². The highest BCUT2D eigenvalue weighted by atomic mass is 14.9. The molecule has 0 amide bonds. The van der Waals surface area contributed by atoms with Crippen LogP contribution in [0.3, 0.4) is 0 Å². The van der Waals surface area contributed by atoms with E-state index in [2.05, 4.69) is 76.7 Å². The second-order valence-electron chi connectivity index (χ2n) is 6.37. The van der Waals surface area contributed by atoms with Gasteiger partial charge in [0.2, 0.25) is 0 Å². The highest BCUT2D eigenvalue weighted by molar-refractivity contribution is 5.86. The van der Waals surface area contributed by atoms with E-state index in [0.717, 1.165) is 33.6 Å². The molecule has 28 heavy (non-hydrogen) atoms. The van der Waals surface area contributed by atoms with Gasteiger partial charge in [0.05, 0.1) is 0 Å². The Morgan fingerprint density at radius 3 is 1.46 bits per heavy atom. The van der Waals surface area contributed by atoms with Gasteiger partial charge in [-0.3, -0.25) is 0 Å². The molecule has 4 rings (SSSR count). The van der Waals surface area contributed by atoms with E-state index in [9.17, 15) is 0 Å². The third-order valence-corrected chi connectivity index (χ3v) is 4.43. The van der Waals surface area contributed by atoms with Crippen molar-refractivity contribution >= 4 is 24.3 Å². The fourth-order valence-electron chi connectivity index (χ4n) is 3.05. The van der Waals surface area contributed by atoms with E-state index in [-0.39, 0.29) is 0 Å². The first-order chi connectivity index (χ1) is 13.9. The average Bonchev–Trinajstić information content (AvgIpc) is 2.78. The first kappa shape index (κ1) is 17.6. The fraction of sp³-hybridized carbons (Fsp3) is 0. The van der Waals surface area contributed by atoms with Gasteiger partial charge in [0.15, 0.2) is 5.82 Å². The highest BCUT2D eigenvalue weighted by Gasteiger charge is 2.10. The second kappa shape index (κ2) is 8.74. The van der Waals surface area contributed by atoms with Crippen molar-refractivity contribution in [2.75, 3.05) is 0 Å². The van der Waals surface area contributed by atoms with Gasteiger partial charge >= 0.3 is 0 Å². The summed E-state index contributed by atoms with van der Waals surface area (Å²) >= 11 is 0. The molecule has 0 bridgehead atoms. The molecule has 134 valence electrons. The Morgan fingerprint density at radius 2 is 0.964 bits per heavy atom. The molecular formula is C26H20N2. The monoisotopic (exact) mass is 360 g/mol. The van der Waals surface area contributed by atoms with Crippen molar-refractivity contribution in [2.45, 2.75) is 0 Å². The molecule has 1 aromatic heterocycles. The predicted molar refractivity (Wildman–Crippen MR) is 118 cm³/mol. The molecule has 0 saturated heterocycles. The maximum atomic E-state index is 4.50. The van der Waals surface area contributed by atoms with Gasteiger partial charge in [-0.15, -0.1) is 0 Å². The molecule has 4 aromatic rings. The zero-order chi connectivity index (χ0) is 19.0. The number of hydrogen-bond donors (Lipinski definition) is 0. The van der Waals surface area contributed by atoms with Crippen LogP contribution < -0.4 is 0 Å². The molecule has 0 saturated carbocycles. The lowest BCUT2D eigenvalue weighted by atomic mass is 9.98. The van der Waals surface area contributed by atoms with Crippen LogP contribution in [-0.4, -0.2) is 9.97 Å². The Hall–Kier alpha value is -3.78. The Kier molecular flexibility index (Phi) is 5.50. The summed E-state index contributed by atoms with van der Waals surface area (Å²) in [6.07, 6.45) is 12.1. The molecule has 0 atom stereocenters. The standard InChI is InChI=1S/C26H20N2/c1-3-9-21(10-4-1)15-17-23-13-7-14-24(18-16-22-11-5-2-6-12-22)25(23)26-27-19-8-20-28-26/h1-20H. The van der Waals surface area contributed by atoms with Crippen molar-refractivity contribution < 1.29 is 0 Å². The number of nitrogens with zero attached hydrogens (tertiary/aromatic N) is 2. The van der Waals surface area contributed by atoms with E-state index in [0.29, 0.717) is 0 Å². The molecule has 1 heterocycles. The topological polar surface area (TPSA) is 25.8 Å². The molecule has 0 aliphatic rings. The van der Waals surface area contributed by atoms with Crippen LogP contribution in [0.15, 0.2) is 97.3 Å². The van der Waals surface area contributed by atoms with Crippen LogP contribution in [0.4, 0.5) is 0 Å². The zero-order valence-electron chi connectivity index (χ0n) is 15.4. The highest BCUT2D eigenvalue weighted by Crippen LogP contribution is 2.28. The maximum Gasteiger partial charge on any atom is 0.160 e. The van der Waals surface area contributed by atoms with Gasteiger partial charge in [0, 0.05) is 18.0 Å². The molecule has 2 heteroatoms. The summed E-state index contributed by atoms with van der Waals surface area (Å²) in [4.78, 5) is 9.00. The Morgan fingerprint density at radius 1 is 0.464 bits per heavy atom. The van der Waals surface area contributed by atoms with Crippen molar-refractivity contribution in [2.24, 2.45) is 0 Å². The normalized spacial score (nSPS) is 11.3. The minimum Gasteiger partial charge on any atom is -0.237 e. The molecule has 0 aliphatic carbocycles. The zero-order valence-corrected chi connectivity index (χ0v) is 15.4. The van der Waals surface area contributed by atoms with Gasteiger partial charge in [0.25, 0.3) is 0 Å². The molecular weight excluding hydrogens is 340 g/mol. The van der Waals surface area contributed by atoms with Crippen molar-refractivity contribution in [3.63, 3.8) is 0 Å². The minimum atomic E-state index is 0.725. The first-order valence-electron chi connectivity index (χ1n) is 9.27. The Bertz CT molecular complexity index is 1020. The van der Waals surface area contributed by atoms with Crippen molar-refractivity contribution in [3.05, 3.63) is 120 Å². The number of benzene rings is 3. The summed E-state index contributed by atoms with van der Waals surface area (Å²) in [5.74, 6) is 0.725. The lowest BCUT2D eigenvalue weighted by Gasteiger charge is -2.09. The minimum absolute atomic E-state index is 0.725. The Labute approximate surface area is 165 Å². The smallest absolute Gasteiger partial charge is 0.160 e. The van der Waals surface area contributed by atoms with Gasteiger partial charge in [-0.25, -0.2) is 9.97 Å². The number of rotatable bonds is 5. The Balaban J connectivity index is 1.78. The van der Waals surface area contributed by atoms with E-state index < -0.39 is 0 Å². The van der Waals surface area contributed by atoms with Crippen LogP contribution in [0.1, 0.15) is 22.3 Å². The van der Waals surface area contributed by atoms with Crippen LogP contribution in [-0.2, 0) is 0 Å². The summed E-state index contributed by atoms with van der Waals surface area (Å²) in [7, 11) is 0. The summed E-state index contributed by atoms with van der Waals surface area (Å²) in [6.45, 7) is 0. The summed E-state index contributed by atoms with van der Waals surface area (Å²) < 4.78 is 0. The van der Waals surface area contributed by atoms with Gasteiger partial charge in [-0.2, -0.15) is 0 Å².